The van der Waals surface area contributed by atoms with E-state index < -0.39 is 58.5 Å². The maximum absolute atomic E-state index is 12.2. The van der Waals surface area contributed by atoms with Gasteiger partial charge >= 0.3 is 5.97 Å². The molecule has 2 N–H and O–H groups in total. The molecular formula is C43H78O9Si2. The van der Waals surface area contributed by atoms with Gasteiger partial charge in [0.1, 0.15) is 12.9 Å². The van der Waals surface area contributed by atoms with Gasteiger partial charge in [0.05, 0.1) is 43.7 Å². The highest BCUT2D eigenvalue weighted by molar-refractivity contribution is 6.74. The quantitative estimate of drug-likeness (QED) is 0.0390. The maximum atomic E-state index is 12.2. The van der Waals surface area contributed by atoms with Crippen molar-refractivity contribution >= 4 is 22.6 Å². The highest BCUT2D eigenvalue weighted by Crippen LogP contribution is 2.43. The monoisotopic (exact) mass is 795 g/mol. The van der Waals surface area contributed by atoms with Gasteiger partial charge < -0.3 is 38.0 Å². The van der Waals surface area contributed by atoms with Crippen LogP contribution in [0.5, 0.6) is 0 Å². The number of hydrogen-bond acceptors (Lipinski definition) is 9. The van der Waals surface area contributed by atoms with Crippen molar-refractivity contribution in [3.63, 3.8) is 0 Å². The first-order valence-corrected chi connectivity index (χ1v) is 26.0. The molecule has 0 spiro atoms. The number of methoxy groups -OCH3 is 1. The van der Waals surface area contributed by atoms with Gasteiger partial charge in [0, 0.05) is 24.5 Å². The molecule has 2 rings (SSSR count). The van der Waals surface area contributed by atoms with Crippen LogP contribution in [0.3, 0.4) is 0 Å². The topological polar surface area (TPSA) is 113 Å². The Balaban J connectivity index is 2.39. The maximum Gasteiger partial charge on any atom is 0.330 e. The van der Waals surface area contributed by atoms with Gasteiger partial charge in [-0.1, -0.05) is 105 Å². The van der Waals surface area contributed by atoms with Crippen LogP contribution in [0.15, 0.2) is 42.5 Å². The Labute approximate surface area is 331 Å². The van der Waals surface area contributed by atoms with E-state index in [1.165, 1.54) is 13.2 Å². The number of aliphatic hydroxyl groups excluding tert-OH is 2. The zero-order chi connectivity index (χ0) is 41.1. The Morgan fingerprint density at radius 2 is 1.65 bits per heavy atom. The first-order valence-electron chi connectivity index (χ1n) is 20.2. The molecule has 0 aliphatic carbocycles. The summed E-state index contributed by atoms with van der Waals surface area (Å²) in [4.78, 5) is 11.8. The molecule has 54 heavy (non-hydrogen) atoms. The van der Waals surface area contributed by atoms with Gasteiger partial charge in [-0.3, -0.25) is 0 Å². The Hall–Kier alpha value is -1.42. The summed E-state index contributed by atoms with van der Waals surface area (Å²) >= 11 is 0. The van der Waals surface area contributed by atoms with E-state index >= 15 is 0 Å². The van der Waals surface area contributed by atoms with Crippen LogP contribution in [0.4, 0.5) is 0 Å². The van der Waals surface area contributed by atoms with Crippen LogP contribution in [-0.2, 0) is 39.2 Å². The number of hydrogen-bond donors (Lipinski definition) is 2. The summed E-state index contributed by atoms with van der Waals surface area (Å²) in [5.74, 6) is -0.872. The molecule has 0 saturated carbocycles. The lowest BCUT2D eigenvalue weighted by Crippen LogP contribution is -2.51. The summed E-state index contributed by atoms with van der Waals surface area (Å²) in [6.07, 6.45) is 3.18. The first kappa shape index (κ1) is 48.7. The van der Waals surface area contributed by atoms with Gasteiger partial charge in [0.25, 0.3) is 0 Å². The number of carbonyl (C=O) groups excluding carboxylic acids is 1. The number of rotatable bonds is 22. The highest BCUT2D eigenvalue weighted by atomic mass is 28.4. The van der Waals surface area contributed by atoms with Gasteiger partial charge in [-0.15, -0.1) is 0 Å². The third-order valence-corrected chi connectivity index (χ3v) is 21.4. The van der Waals surface area contributed by atoms with E-state index in [4.69, 9.17) is 27.8 Å². The molecule has 1 fully saturated rings. The molecule has 9 atom stereocenters. The van der Waals surface area contributed by atoms with Crippen LogP contribution in [-0.4, -0.2) is 89.4 Å². The molecule has 1 aromatic carbocycles. The van der Waals surface area contributed by atoms with Crippen molar-refractivity contribution in [2.24, 2.45) is 17.8 Å². The van der Waals surface area contributed by atoms with Crippen LogP contribution in [0.1, 0.15) is 107 Å². The molecule has 9 nitrogen and oxygen atoms in total. The molecule has 1 aliphatic rings. The van der Waals surface area contributed by atoms with Gasteiger partial charge in [0.2, 0.25) is 0 Å². The number of benzene rings is 1. The van der Waals surface area contributed by atoms with Gasteiger partial charge in [-0.05, 0) is 80.4 Å². The van der Waals surface area contributed by atoms with Gasteiger partial charge in [0.15, 0.2) is 16.6 Å². The lowest BCUT2D eigenvalue weighted by atomic mass is 9.83. The molecular weight excluding hydrogens is 717 g/mol. The summed E-state index contributed by atoms with van der Waals surface area (Å²) in [5.41, 5.74) is 0.437. The minimum absolute atomic E-state index is 0.0221. The highest BCUT2D eigenvalue weighted by Gasteiger charge is 2.49. The molecule has 1 aromatic rings. The molecule has 1 heterocycles. The fraction of sp³-hybridized carbons (Fsp3) is 0.791. The minimum atomic E-state index is -2.25. The van der Waals surface area contributed by atoms with Crippen molar-refractivity contribution in [2.45, 2.75) is 180 Å². The van der Waals surface area contributed by atoms with Crippen LogP contribution < -0.4 is 0 Å². The average Bonchev–Trinajstić information content (AvgIpc) is 3.37. The Morgan fingerprint density at radius 3 is 2.20 bits per heavy atom. The molecule has 0 amide bonds. The molecule has 1 aliphatic heterocycles. The van der Waals surface area contributed by atoms with Crippen molar-refractivity contribution in [3.8, 4) is 0 Å². The van der Waals surface area contributed by atoms with Crippen LogP contribution >= 0.6 is 0 Å². The van der Waals surface area contributed by atoms with Crippen molar-refractivity contribution in [3.05, 3.63) is 48.0 Å². The first-order chi connectivity index (χ1) is 24.9. The minimum Gasteiger partial charge on any atom is -0.466 e. The van der Waals surface area contributed by atoms with Gasteiger partial charge in [-0.2, -0.15) is 0 Å². The predicted molar refractivity (Wildman–Crippen MR) is 223 cm³/mol. The molecule has 11 heteroatoms. The molecule has 1 saturated heterocycles. The Bertz CT molecular complexity index is 1280. The van der Waals surface area contributed by atoms with E-state index in [1.807, 2.05) is 44.2 Å². The normalized spacial score (nSPS) is 23.6. The summed E-state index contributed by atoms with van der Waals surface area (Å²) < 4.78 is 37.8. The number of carbonyl (C=O) groups is 1. The van der Waals surface area contributed by atoms with Crippen molar-refractivity contribution < 1.29 is 42.8 Å². The SMILES string of the molecule is CCC[C@@H](CO[Si](C)(C)C(C)(C)C)[C@@H](C[C@@H](O)[C@H](C)[C@H](O)[C@@H](OCOCc1ccccc1)[C@@H]1O[C@@](C)(C/C=C/C(=O)OC)C[C@@H]1C)O[Si](C)(C)C(C)(C)C. The van der Waals surface area contributed by atoms with Crippen molar-refractivity contribution in [1.82, 2.24) is 0 Å². The lowest BCUT2D eigenvalue weighted by molar-refractivity contribution is -0.198. The largest absolute Gasteiger partial charge is 0.466 e. The van der Waals surface area contributed by atoms with Gasteiger partial charge in [-0.25, -0.2) is 4.79 Å². The smallest absolute Gasteiger partial charge is 0.330 e. The van der Waals surface area contributed by atoms with E-state index in [0.29, 0.717) is 32.5 Å². The number of ether oxygens (including phenoxy) is 4. The van der Waals surface area contributed by atoms with Crippen LogP contribution in [0.25, 0.3) is 0 Å². The van der Waals surface area contributed by atoms with E-state index in [9.17, 15) is 15.0 Å². The third-order valence-electron chi connectivity index (χ3n) is 12.4. The van der Waals surface area contributed by atoms with Crippen molar-refractivity contribution in [2.75, 3.05) is 20.5 Å². The lowest BCUT2D eigenvalue weighted by Gasteiger charge is -2.44. The van der Waals surface area contributed by atoms with E-state index in [0.717, 1.165) is 18.4 Å². The Morgan fingerprint density at radius 1 is 1.04 bits per heavy atom. The molecule has 0 bridgehead atoms. The van der Waals surface area contributed by atoms with Crippen LogP contribution in [0.2, 0.25) is 36.3 Å². The second-order valence-corrected chi connectivity index (χ2v) is 28.7. The van der Waals surface area contributed by atoms with Crippen LogP contribution in [0, 0.1) is 17.8 Å². The van der Waals surface area contributed by atoms with E-state index in [2.05, 4.69) is 81.6 Å². The molecule has 312 valence electrons. The summed E-state index contributed by atoms with van der Waals surface area (Å²) in [5, 5.41) is 24.3. The Kier molecular flexibility index (Phi) is 18.8. The average molecular weight is 795 g/mol. The summed E-state index contributed by atoms with van der Waals surface area (Å²) in [6, 6.07) is 9.87. The van der Waals surface area contributed by atoms with E-state index in [-0.39, 0.29) is 34.8 Å². The second-order valence-electron chi connectivity index (χ2n) is 19.1. The van der Waals surface area contributed by atoms with Crippen molar-refractivity contribution in [1.29, 1.82) is 0 Å². The number of aliphatic hydroxyl groups is 2. The zero-order valence-electron chi connectivity index (χ0n) is 36.6. The zero-order valence-corrected chi connectivity index (χ0v) is 38.6. The van der Waals surface area contributed by atoms with E-state index in [1.54, 1.807) is 6.08 Å². The predicted octanol–water partition coefficient (Wildman–Crippen LogP) is 9.43. The number of esters is 1. The third kappa shape index (κ3) is 14.5. The summed E-state index contributed by atoms with van der Waals surface area (Å²) in [7, 11) is -2.94. The molecule has 0 radical (unpaired) electrons. The summed E-state index contributed by atoms with van der Waals surface area (Å²) in [6.45, 7) is 31.6. The molecule has 0 aromatic heterocycles. The fourth-order valence-corrected chi connectivity index (χ4v) is 9.15. The molecule has 0 unspecified atom stereocenters. The fourth-order valence-electron chi connectivity index (χ4n) is 6.68. The second kappa shape index (κ2) is 20.8. The standard InChI is InChI=1S/C43H78O9Si2/c1-16-21-34(29-50-53(12,13)41(4,5)6)36(52-54(14,15)42(7,8)9)26-35(44)32(3)38(46)40(49-30-48-28-33-22-18-17-19-23-33)39-31(2)27-43(10,51-39)25-20-24-37(45)47-11/h17-20,22-24,31-32,34-36,38-40,44,46H,16,21,25-30H2,1-15H3/b24-20+/t31-,32-,34-,35+,36+,38-,39+,40+,43-/m0/s1.